The largest absolute Gasteiger partial charge is 0.483 e. The number of amides is 1. The lowest BCUT2D eigenvalue weighted by Gasteiger charge is -2.26. The summed E-state index contributed by atoms with van der Waals surface area (Å²) in [5.74, 6) is 1.41. The molecule has 0 atom stereocenters. The molecule has 150 valence electrons. The molecule has 0 aliphatic carbocycles. The van der Waals surface area contributed by atoms with Crippen LogP contribution in [0.3, 0.4) is 0 Å². The first kappa shape index (κ1) is 19.5. The second kappa shape index (κ2) is 7.91. The van der Waals surface area contributed by atoms with E-state index < -0.39 is 0 Å². The zero-order valence-corrected chi connectivity index (χ0v) is 17.5. The SMILES string of the molecule is Cc1cc(C)c(C)c(OCC(=O)N2CCc3noc(-c4ccc(Cl)cc4)c3C2)c1. The number of carbonyl (C=O) groups excluding carboxylic acids is 1. The number of nitrogens with zero attached hydrogens (tertiary/aromatic N) is 2. The molecule has 5 nitrogen and oxygen atoms in total. The van der Waals surface area contributed by atoms with E-state index in [2.05, 4.69) is 11.2 Å². The number of benzene rings is 2. The third-order valence-corrected chi connectivity index (χ3v) is 5.66. The summed E-state index contributed by atoms with van der Waals surface area (Å²) in [5.41, 5.74) is 6.11. The second-order valence-corrected chi connectivity index (χ2v) is 7.94. The maximum atomic E-state index is 12.8. The minimum Gasteiger partial charge on any atom is -0.483 e. The highest BCUT2D eigenvalue weighted by molar-refractivity contribution is 6.30. The van der Waals surface area contributed by atoms with Crippen LogP contribution in [-0.2, 0) is 17.8 Å². The quantitative estimate of drug-likeness (QED) is 0.614. The van der Waals surface area contributed by atoms with E-state index in [0.717, 1.165) is 39.3 Å². The molecule has 1 amide bonds. The summed E-state index contributed by atoms with van der Waals surface area (Å²) >= 11 is 5.98. The van der Waals surface area contributed by atoms with Crippen molar-refractivity contribution < 1.29 is 14.1 Å². The Morgan fingerprint density at radius 3 is 2.72 bits per heavy atom. The highest BCUT2D eigenvalue weighted by atomic mass is 35.5. The number of hydrogen-bond acceptors (Lipinski definition) is 4. The third-order valence-electron chi connectivity index (χ3n) is 5.41. The summed E-state index contributed by atoms with van der Waals surface area (Å²) in [5, 5.41) is 4.86. The van der Waals surface area contributed by atoms with Crippen LogP contribution in [0.15, 0.2) is 40.9 Å². The molecule has 0 spiro atoms. The van der Waals surface area contributed by atoms with Crippen LogP contribution in [0.5, 0.6) is 5.75 Å². The molecule has 29 heavy (non-hydrogen) atoms. The molecule has 0 saturated heterocycles. The average molecular weight is 411 g/mol. The van der Waals surface area contributed by atoms with Crippen LogP contribution >= 0.6 is 11.6 Å². The topological polar surface area (TPSA) is 55.6 Å². The van der Waals surface area contributed by atoms with E-state index in [1.165, 1.54) is 0 Å². The number of halogens is 1. The minimum absolute atomic E-state index is 0.0145. The first-order valence-electron chi connectivity index (χ1n) is 9.64. The van der Waals surface area contributed by atoms with Crippen LogP contribution < -0.4 is 4.74 Å². The molecule has 0 N–H and O–H groups in total. The number of rotatable bonds is 4. The smallest absolute Gasteiger partial charge is 0.260 e. The zero-order valence-electron chi connectivity index (χ0n) is 16.8. The van der Waals surface area contributed by atoms with E-state index in [9.17, 15) is 4.79 Å². The average Bonchev–Trinajstić information content (AvgIpc) is 3.13. The molecule has 0 unspecified atom stereocenters. The van der Waals surface area contributed by atoms with Gasteiger partial charge in [-0.25, -0.2) is 0 Å². The van der Waals surface area contributed by atoms with E-state index in [4.69, 9.17) is 20.9 Å². The van der Waals surface area contributed by atoms with Crippen molar-refractivity contribution in [2.75, 3.05) is 13.2 Å². The molecule has 3 aromatic rings. The van der Waals surface area contributed by atoms with Gasteiger partial charge in [0.2, 0.25) is 0 Å². The molecule has 0 bridgehead atoms. The molecule has 1 aliphatic rings. The summed E-state index contributed by atoms with van der Waals surface area (Å²) in [4.78, 5) is 14.6. The van der Waals surface area contributed by atoms with E-state index in [1.807, 2.05) is 51.1 Å². The summed E-state index contributed by atoms with van der Waals surface area (Å²) < 4.78 is 11.4. The number of carbonyl (C=O) groups is 1. The lowest BCUT2D eigenvalue weighted by molar-refractivity contribution is -0.134. The minimum atomic E-state index is -0.0440. The maximum absolute atomic E-state index is 12.8. The van der Waals surface area contributed by atoms with Crippen molar-refractivity contribution in [1.29, 1.82) is 0 Å². The van der Waals surface area contributed by atoms with Crippen LogP contribution in [0.4, 0.5) is 0 Å². The molecule has 1 aliphatic heterocycles. The van der Waals surface area contributed by atoms with Gasteiger partial charge in [-0.1, -0.05) is 22.8 Å². The molecule has 4 rings (SSSR count). The van der Waals surface area contributed by atoms with Gasteiger partial charge in [0.1, 0.15) is 5.75 Å². The summed E-state index contributed by atoms with van der Waals surface area (Å²) in [6, 6.07) is 11.5. The Labute approximate surface area is 175 Å². The molecular weight excluding hydrogens is 388 g/mol. The van der Waals surface area contributed by atoms with E-state index >= 15 is 0 Å². The van der Waals surface area contributed by atoms with Crippen molar-refractivity contribution in [1.82, 2.24) is 10.1 Å². The molecule has 1 aromatic heterocycles. The van der Waals surface area contributed by atoms with Crippen molar-refractivity contribution in [3.63, 3.8) is 0 Å². The predicted molar refractivity (Wildman–Crippen MR) is 112 cm³/mol. The van der Waals surface area contributed by atoms with Gasteiger partial charge in [0.25, 0.3) is 5.91 Å². The molecule has 0 fully saturated rings. The number of ether oxygens (including phenoxy) is 1. The predicted octanol–water partition coefficient (Wildman–Crippen LogP) is 4.88. The summed E-state index contributed by atoms with van der Waals surface area (Å²) in [7, 11) is 0. The standard InChI is InChI=1S/C23H23ClN2O3/c1-14-10-15(2)16(3)21(11-14)28-13-22(27)26-9-8-20-19(12-26)23(29-25-20)17-4-6-18(24)7-5-17/h4-7,10-11H,8-9,12-13H2,1-3H3. The van der Waals surface area contributed by atoms with Crippen molar-refractivity contribution in [3.05, 3.63) is 69.4 Å². The van der Waals surface area contributed by atoms with Crippen molar-refractivity contribution in [2.45, 2.75) is 33.7 Å². The number of aromatic nitrogens is 1. The molecule has 0 radical (unpaired) electrons. The Balaban J connectivity index is 1.48. The summed E-state index contributed by atoms with van der Waals surface area (Å²) in [6.07, 6.45) is 0.667. The van der Waals surface area contributed by atoms with E-state index in [1.54, 1.807) is 4.90 Å². The lowest BCUT2D eigenvalue weighted by Crippen LogP contribution is -2.38. The highest BCUT2D eigenvalue weighted by Crippen LogP contribution is 2.31. The first-order chi connectivity index (χ1) is 13.9. The molecule has 2 aromatic carbocycles. The highest BCUT2D eigenvalue weighted by Gasteiger charge is 2.27. The van der Waals surface area contributed by atoms with Crippen LogP contribution in [0.25, 0.3) is 11.3 Å². The Morgan fingerprint density at radius 1 is 1.21 bits per heavy atom. The van der Waals surface area contributed by atoms with Gasteiger partial charge in [0.05, 0.1) is 12.2 Å². The van der Waals surface area contributed by atoms with Crippen molar-refractivity contribution in [3.8, 4) is 17.1 Å². The zero-order chi connectivity index (χ0) is 20.5. The second-order valence-electron chi connectivity index (χ2n) is 7.50. The first-order valence-corrected chi connectivity index (χ1v) is 10.0. The van der Waals surface area contributed by atoms with Gasteiger partial charge in [0.15, 0.2) is 12.4 Å². The monoisotopic (exact) mass is 410 g/mol. The maximum Gasteiger partial charge on any atom is 0.260 e. The number of fused-ring (bicyclic) bond motifs is 1. The third kappa shape index (κ3) is 4.01. The fourth-order valence-electron chi connectivity index (χ4n) is 3.63. The van der Waals surface area contributed by atoms with Crippen molar-refractivity contribution >= 4 is 17.5 Å². The molecule has 2 heterocycles. The van der Waals surface area contributed by atoms with Gasteiger partial charge in [0, 0.05) is 29.1 Å². The van der Waals surface area contributed by atoms with Crippen molar-refractivity contribution in [2.24, 2.45) is 0 Å². The van der Waals surface area contributed by atoms with Crippen LogP contribution in [0.1, 0.15) is 27.9 Å². The Hall–Kier alpha value is -2.79. The normalized spacial score (nSPS) is 13.3. The number of hydrogen-bond donors (Lipinski definition) is 0. The fraction of sp³-hybridized carbons (Fsp3) is 0.304. The van der Waals surface area contributed by atoms with Crippen LogP contribution in [0, 0.1) is 20.8 Å². The van der Waals surface area contributed by atoms with Crippen LogP contribution in [0.2, 0.25) is 5.02 Å². The lowest BCUT2D eigenvalue weighted by atomic mass is 10.0. The van der Waals surface area contributed by atoms with E-state index in [0.29, 0.717) is 30.3 Å². The number of aryl methyl sites for hydroxylation is 2. The van der Waals surface area contributed by atoms with Gasteiger partial charge in [-0.05, 0) is 67.8 Å². The van der Waals surface area contributed by atoms with Gasteiger partial charge >= 0.3 is 0 Å². The Morgan fingerprint density at radius 2 is 1.97 bits per heavy atom. The summed E-state index contributed by atoms with van der Waals surface area (Å²) in [6.45, 7) is 7.17. The Kier molecular flexibility index (Phi) is 5.33. The fourth-order valence-corrected chi connectivity index (χ4v) is 3.76. The Bertz CT molecular complexity index is 1060. The van der Waals surface area contributed by atoms with Gasteiger partial charge in [-0.15, -0.1) is 0 Å². The van der Waals surface area contributed by atoms with Crippen LogP contribution in [-0.4, -0.2) is 29.1 Å². The van der Waals surface area contributed by atoms with Gasteiger partial charge < -0.3 is 14.2 Å². The molecule has 6 heteroatoms. The van der Waals surface area contributed by atoms with Gasteiger partial charge in [-0.3, -0.25) is 4.79 Å². The molecule has 0 saturated carbocycles. The van der Waals surface area contributed by atoms with Gasteiger partial charge in [-0.2, -0.15) is 0 Å². The van der Waals surface area contributed by atoms with E-state index in [-0.39, 0.29) is 12.5 Å². The molecular formula is C23H23ClN2O3.